The Morgan fingerprint density at radius 2 is 1.95 bits per heavy atom. The molecule has 4 heteroatoms. The molecule has 0 aliphatic heterocycles. The molecule has 0 saturated heterocycles. The summed E-state index contributed by atoms with van der Waals surface area (Å²) in [5, 5.41) is 4.08. The maximum Gasteiger partial charge on any atom is 0.131 e. The van der Waals surface area contributed by atoms with Crippen molar-refractivity contribution in [3.05, 3.63) is 57.3 Å². The summed E-state index contributed by atoms with van der Waals surface area (Å²) < 4.78 is 15.0. The van der Waals surface area contributed by atoms with Crippen LogP contribution in [0.5, 0.6) is 0 Å². The average Bonchev–Trinajstić information content (AvgIpc) is 3.24. The fourth-order valence-electron chi connectivity index (χ4n) is 2.20. The van der Waals surface area contributed by atoms with E-state index in [1.165, 1.54) is 18.9 Å². The van der Waals surface area contributed by atoms with Gasteiger partial charge in [0, 0.05) is 27.6 Å². The van der Waals surface area contributed by atoms with E-state index in [1.807, 2.05) is 18.2 Å². The second-order valence-electron chi connectivity index (χ2n) is 5.08. The lowest BCUT2D eigenvalue weighted by Gasteiger charge is -2.12. The minimum atomic E-state index is -0.233. The van der Waals surface area contributed by atoms with Gasteiger partial charge in [0.15, 0.2) is 0 Å². The molecular formula is C16H14BrClFN. The topological polar surface area (TPSA) is 12.0 Å². The fraction of sp³-hybridized carbons (Fsp3) is 0.250. The van der Waals surface area contributed by atoms with Crippen LogP contribution in [0.25, 0.3) is 11.1 Å². The van der Waals surface area contributed by atoms with Gasteiger partial charge in [-0.15, -0.1) is 0 Å². The standard InChI is InChI=1S/C16H14BrClFN/c17-11-2-6-16(19)15(7-11)14-8-12(18)3-1-10(14)9-20-13-4-5-13/h1-3,6-8,13,20H,4-5,9H2. The fourth-order valence-corrected chi connectivity index (χ4v) is 2.73. The van der Waals surface area contributed by atoms with Crippen molar-refractivity contribution >= 4 is 27.5 Å². The Bertz CT molecular complexity index is 640. The summed E-state index contributed by atoms with van der Waals surface area (Å²) in [4.78, 5) is 0. The van der Waals surface area contributed by atoms with Crippen molar-refractivity contribution < 1.29 is 4.39 Å². The molecule has 104 valence electrons. The Morgan fingerprint density at radius 1 is 1.15 bits per heavy atom. The highest BCUT2D eigenvalue weighted by Crippen LogP contribution is 2.32. The molecule has 2 aromatic carbocycles. The maximum atomic E-state index is 14.1. The third-order valence-electron chi connectivity index (χ3n) is 3.45. The Morgan fingerprint density at radius 3 is 2.70 bits per heavy atom. The molecule has 0 atom stereocenters. The molecule has 1 aliphatic rings. The predicted molar refractivity (Wildman–Crippen MR) is 84.4 cm³/mol. The first-order chi connectivity index (χ1) is 9.63. The molecule has 1 aliphatic carbocycles. The van der Waals surface area contributed by atoms with E-state index in [0.717, 1.165) is 22.1 Å². The summed E-state index contributed by atoms with van der Waals surface area (Å²) in [7, 11) is 0. The quantitative estimate of drug-likeness (QED) is 0.799. The molecule has 1 N–H and O–H groups in total. The van der Waals surface area contributed by atoms with Crippen LogP contribution in [0.4, 0.5) is 4.39 Å². The van der Waals surface area contributed by atoms with Crippen molar-refractivity contribution in [3.8, 4) is 11.1 Å². The van der Waals surface area contributed by atoms with Crippen molar-refractivity contribution in [1.29, 1.82) is 0 Å². The smallest absolute Gasteiger partial charge is 0.131 e. The summed E-state index contributed by atoms with van der Waals surface area (Å²) in [6, 6.07) is 11.2. The molecule has 0 bridgehead atoms. The van der Waals surface area contributed by atoms with Gasteiger partial charge in [-0.1, -0.05) is 33.6 Å². The van der Waals surface area contributed by atoms with E-state index in [0.29, 0.717) is 16.6 Å². The number of hydrogen-bond donors (Lipinski definition) is 1. The lowest BCUT2D eigenvalue weighted by atomic mass is 9.99. The van der Waals surface area contributed by atoms with Gasteiger partial charge in [-0.3, -0.25) is 0 Å². The van der Waals surface area contributed by atoms with Gasteiger partial charge in [-0.25, -0.2) is 4.39 Å². The van der Waals surface area contributed by atoms with Crippen LogP contribution in [0, 0.1) is 5.82 Å². The van der Waals surface area contributed by atoms with Gasteiger partial charge >= 0.3 is 0 Å². The highest BCUT2D eigenvalue weighted by molar-refractivity contribution is 9.10. The lowest BCUT2D eigenvalue weighted by Crippen LogP contribution is -2.16. The van der Waals surface area contributed by atoms with Crippen LogP contribution in [0.3, 0.4) is 0 Å². The van der Waals surface area contributed by atoms with Gasteiger partial charge in [0.2, 0.25) is 0 Å². The Balaban J connectivity index is 2.00. The van der Waals surface area contributed by atoms with E-state index in [-0.39, 0.29) is 5.82 Å². The van der Waals surface area contributed by atoms with Crippen molar-refractivity contribution in [3.63, 3.8) is 0 Å². The van der Waals surface area contributed by atoms with Gasteiger partial charge in [-0.05, 0) is 54.3 Å². The SMILES string of the molecule is Fc1ccc(Br)cc1-c1cc(Cl)ccc1CNC1CC1. The first-order valence-electron chi connectivity index (χ1n) is 6.61. The molecule has 0 aromatic heterocycles. The molecule has 1 fully saturated rings. The monoisotopic (exact) mass is 353 g/mol. The summed E-state index contributed by atoms with van der Waals surface area (Å²) in [6.07, 6.45) is 2.46. The van der Waals surface area contributed by atoms with Gasteiger partial charge in [-0.2, -0.15) is 0 Å². The van der Waals surface area contributed by atoms with E-state index in [9.17, 15) is 4.39 Å². The van der Waals surface area contributed by atoms with Crippen molar-refractivity contribution in [1.82, 2.24) is 5.32 Å². The highest BCUT2D eigenvalue weighted by Gasteiger charge is 2.21. The number of nitrogens with one attached hydrogen (secondary N) is 1. The largest absolute Gasteiger partial charge is 0.310 e. The first kappa shape index (κ1) is 14.1. The number of rotatable bonds is 4. The average molecular weight is 355 g/mol. The van der Waals surface area contributed by atoms with Crippen LogP contribution in [-0.2, 0) is 6.54 Å². The van der Waals surface area contributed by atoms with Crippen molar-refractivity contribution in [2.24, 2.45) is 0 Å². The molecule has 1 nitrogen and oxygen atoms in total. The van der Waals surface area contributed by atoms with Crippen molar-refractivity contribution in [2.45, 2.75) is 25.4 Å². The van der Waals surface area contributed by atoms with E-state index in [2.05, 4.69) is 21.2 Å². The van der Waals surface area contributed by atoms with E-state index < -0.39 is 0 Å². The normalized spacial score (nSPS) is 14.6. The zero-order valence-corrected chi connectivity index (χ0v) is 13.1. The number of benzene rings is 2. The summed E-state index contributed by atoms with van der Waals surface area (Å²) in [5.41, 5.74) is 2.50. The zero-order chi connectivity index (χ0) is 14.1. The molecule has 0 unspecified atom stereocenters. The first-order valence-corrected chi connectivity index (χ1v) is 7.78. The van der Waals surface area contributed by atoms with Crippen LogP contribution in [-0.4, -0.2) is 6.04 Å². The molecular weight excluding hydrogens is 341 g/mol. The van der Waals surface area contributed by atoms with Gasteiger partial charge in [0.05, 0.1) is 0 Å². The van der Waals surface area contributed by atoms with E-state index >= 15 is 0 Å². The minimum Gasteiger partial charge on any atom is -0.310 e. The Labute approximate surface area is 131 Å². The molecule has 2 aromatic rings. The third-order valence-corrected chi connectivity index (χ3v) is 4.18. The van der Waals surface area contributed by atoms with Gasteiger partial charge in [0.25, 0.3) is 0 Å². The molecule has 20 heavy (non-hydrogen) atoms. The minimum absolute atomic E-state index is 0.233. The van der Waals surface area contributed by atoms with Gasteiger partial charge in [0.1, 0.15) is 5.82 Å². The third kappa shape index (κ3) is 3.22. The second kappa shape index (κ2) is 5.84. The molecule has 0 heterocycles. The van der Waals surface area contributed by atoms with Gasteiger partial charge < -0.3 is 5.32 Å². The number of halogens is 3. The lowest BCUT2D eigenvalue weighted by molar-refractivity contribution is 0.630. The van der Waals surface area contributed by atoms with Crippen LogP contribution in [0.1, 0.15) is 18.4 Å². The molecule has 0 amide bonds. The number of hydrogen-bond acceptors (Lipinski definition) is 1. The predicted octanol–water partition coefficient (Wildman–Crippen LogP) is 5.16. The zero-order valence-electron chi connectivity index (χ0n) is 10.8. The molecule has 1 saturated carbocycles. The van der Waals surface area contributed by atoms with E-state index in [4.69, 9.17) is 11.6 Å². The van der Waals surface area contributed by atoms with Crippen LogP contribution in [0.2, 0.25) is 5.02 Å². The van der Waals surface area contributed by atoms with Crippen molar-refractivity contribution in [2.75, 3.05) is 0 Å². The molecule has 0 spiro atoms. The highest BCUT2D eigenvalue weighted by atomic mass is 79.9. The molecule has 3 rings (SSSR count). The summed E-state index contributed by atoms with van der Waals surface area (Å²) in [5.74, 6) is -0.233. The summed E-state index contributed by atoms with van der Waals surface area (Å²) >= 11 is 9.47. The Kier molecular flexibility index (Phi) is 4.11. The van der Waals surface area contributed by atoms with E-state index in [1.54, 1.807) is 12.1 Å². The van der Waals surface area contributed by atoms with Crippen LogP contribution in [0.15, 0.2) is 40.9 Å². The molecule has 0 radical (unpaired) electrons. The Hall–Kier alpha value is -0.900. The summed E-state index contributed by atoms with van der Waals surface area (Å²) in [6.45, 7) is 0.739. The second-order valence-corrected chi connectivity index (χ2v) is 6.43. The van der Waals surface area contributed by atoms with Crippen LogP contribution >= 0.6 is 27.5 Å². The van der Waals surface area contributed by atoms with Crippen LogP contribution < -0.4 is 5.32 Å². The maximum absolute atomic E-state index is 14.1.